The van der Waals surface area contributed by atoms with Crippen LogP contribution in [0.4, 0.5) is 4.79 Å². The number of carbonyl (C=O) groups excluding carboxylic acids is 1. The number of benzene rings is 1. The van der Waals surface area contributed by atoms with Gasteiger partial charge >= 0.3 is 6.09 Å². The van der Waals surface area contributed by atoms with E-state index in [1.165, 1.54) is 18.4 Å². The maximum atomic E-state index is 12.2. The summed E-state index contributed by atoms with van der Waals surface area (Å²) < 4.78 is 36.7. The van der Waals surface area contributed by atoms with Gasteiger partial charge in [0.15, 0.2) is 0 Å². The zero-order chi connectivity index (χ0) is 18.3. The first-order chi connectivity index (χ1) is 11.9. The molecule has 0 spiro atoms. The smallest absolute Gasteiger partial charge is 0.427 e. The average Bonchev–Trinajstić information content (AvgIpc) is 3.12. The molecular weight excluding hydrogens is 346 g/mol. The Labute approximate surface area is 145 Å². The molecule has 2 N–H and O–H groups in total. The molecule has 0 atom stereocenters. The molecule has 0 fully saturated rings. The zero-order valence-electron chi connectivity index (χ0n) is 13.9. The van der Waals surface area contributed by atoms with Crippen molar-refractivity contribution in [3.63, 3.8) is 0 Å². The van der Waals surface area contributed by atoms with Crippen molar-refractivity contribution in [3.8, 4) is 0 Å². The monoisotopic (exact) mass is 365 g/mol. The van der Waals surface area contributed by atoms with Gasteiger partial charge in [-0.25, -0.2) is 23.4 Å². The third-order valence-electron chi connectivity index (χ3n) is 3.19. The summed E-state index contributed by atoms with van der Waals surface area (Å²) in [4.78, 5) is 11.3. The summed E-state index contributed by atoms with van der Waals surface area (Å²) in [6, 6.07) is 9.50. The van der Waals surface area contributed by atoms with Crippen molar-refractivity contribution in [1.82, 2.24) is 10.1 Å². The first-order valence-corrected chi connectivity index (χ1v) is 9.00. The number of hydrogen-bond acceptors (Lipinski definition) is 6. The number of hydrazone groups is 1. The minimum absolute atomic E-state index is 0.0705. The van der Waals surface area contributed by atoms with Crippen LogP contribution in [0.5, 0.6) is 0 Å². The fraction of sp³-hybridized carbons (Fsp3) is 0.250. The average molecular weight is 365 g/mol. The molecule has 9 heteroatoms. The topological polar surface area (TPSA) is 110 Å². The van der Waals surface area contributed by atoms with Gasteiger partial charge in [-0.2, -0.15) is 5.10 Å². The van der Waals surface area contributed by atoms with Crippen LogP contribution < -0.4 is 10.1 Å². The highest BCUT2D eigenvalue weighted by Gasteiger charge is 2.14. The molecule has 0 aliphatic heterocycles. The first-order valence-electron chi connectivity index (χ1n) is 7.52. The Morgan fingerprint density at radius 1 is 1.24 bits per heavy atom. The maximum Gasteiger partial charge on any atom is 0.427 e. The third kappa shape index (κ3) is 5.44. The SMILES string of the molecule is CCOC(=O)N/N=C(\C)c1ccc(S(=O)(=O)NCc2ccco2)cc1. The molecule has 1 aromatic heterocycles. The number of carbonyl (C=O) groups is 1. The van der Waals surface area contributed by atoms with E-state index in [1.54, 1.807) is 38.1 Å². The van der Waals surface area contributed by atoms with E-state index >= 15 is 0 Å². The predicted molar refractivity (Wildman–Crippen MR) is 91.5 cm³/mol. The van der Waals surface area contributed by atoms with Gasteiger partial charge in [0.1, 0.15) is 5.76 Å². The number of nitrogens with one attached hydrogen (secondary N) is 2. The lowest BCUT2D eigenvalue weighted by Crippen LogP contribution is -2.23. The number of sulfonamides is 1. The Morgan fingerprint density at radius 3 is 2.56 bits per heavy atom. The maximum absolute atomic E-state index is 12.2. The molecule has 1 amide bonds. The number of rotatable bonds is 7. The summed E-state index contributed by atoms with van der Waals surface area (Å²) in [5.74, 6) is 0.521. The summed E-state index contributed by atoms with van der Waals surface area (Å²) in [6.45, 7) is 3.69. The molecule has 1 aromatic carbocycles. The van der Waals surface area contributed by atoms with E-state index in [1.807, 2.05) is 0 Å². The molecule has 8 nitrogen and oxygen atoms in total. The van der Waals surface area contributed by atoms with Gasteiger partial charge in [0, 0.05) is 0 Å². The number of amides is 1. The van der Waals surface area contributed by atoms with Gasteiger partial charge in [0.25, 0.3) is 0 Å². The molecule has 0 aliphatic carbocycles. The van der Waals surface area contributed by atoms with Crippen LogP contribution in [0.25, 0.3) is 0 Å². The van der Waals surface area contributed by atoms with Gasteiger partial charge in [-0.05, 0) is 43.7 Å². The summed E-state index contributed by atoms with van der Waals surface area (Å²) >= 11 is 0. The van der Waals surface area contributed by atoms with Crippen molar-refractivity contribution in [2.24, 2.45) is 5.10 Å². The molecule has 0 saturated carbocycles. The van der Waals surface area contributed by atoms with E-state index in [-0.39, 0.29) is 18.0 Å². The van der Waals surface area contributed by atoms with E-state index < -0.39 is 16.1 Å². The highest BCUT2D eigenvalue weighted by atomic mass is 32.2. The lowest BCUT2D eigenvalue weighted by molar-refractivity contribution is 0.152. The molecule has 1 heterocycles. The molecule has 0 saturated heterocycles. The summed E-state index contributed by atoms with van der Waals surface area (Å²) in [5, 5.41) is 3.89. The lowest BCUT2D eigenvalue weighted by Gasteiger charge is -2.07. The van der Waals surface area contributed by atoms with Gasteiger partial charge < -0.3 is 9.15 Å². The quantitative estimate of drug-likeness (QED) is 0.577. The molecular formula is C16H19N3O5S. The van der Waals surface area contributed by atoms with Crippen LogP contribution in [0.3, 0.4) is 0 Å². The number of ether oxygens (including phenoxy) is 1. The van der Waals surface area contributed by atoms with Crippen LogP contribution in [0, 0.1) is 0 Å². The van der Waals surface area contributed by atoms with Crippen LogP contribution in [0.15, 0.2) is 57.1 Å². The standard InChI is InChI=1S/C16H19N3O5S/c1-3-23-16(20)19-18-12(2)13-6-8-15(9-7-13)25(21,22)17-11-14-5-4-10-24-14/h4-10,17H,3,11H2,1-2H3,(H,19,20)/b18-12+. The molecule has 0 bridgehead atoms. The van der Waals surface area contributed by atoms with Crippen molar-refractivity contribution < 1.29 is 22.4 Å². The van der Waals surface area contributed by atoms with Gasteiger partial charge in [0.05, 0.1) is 30.0 Å². The Bertz CT molecular complexity index is 827. The molecule has 0 radical (unpaired) electrons. The van der Waals surface area contributed by atoms with Crippen molar-refractivity contribution in [1.29, 1.82) is 0 Å². The van der Waals surface area contributed by atoms with Crippen molar-refractivity contribution in [2.75, 3.05) is 6.61 Å². The second-order valence-electron chi connectivity index (χ2n) is 4.96. The van der Waals surface area contributed by atoms with Crippen molar-refractivity contribution in [3.05, 3.63) is 54.0 Å². The van der Waals surface area contributed by atoms with E-state index in [4.69, 9.17) is 9.15 Å². The normalized spacial score (nSPS) is 12.0. The minimum atomic E-state index is -3.65. The highest BCUT2D eigenvalue weighted by molar-refractivity contribution is 7.89. The van der Waals surface area contributed by atoms with Crippen LogP contribution in [-0.4, -0.2) is 26.8 Å². The van der Waals surface area contributed by atoms with Gasteiger partial charge in [-0.15, -0.1) is 0 Å². The van der Waals surface area contributed by atoms with Gasteiger partial charge in [0.2, 0.25) is 10.0 Å². The van der Waals surface area contributed by atoms with Gasteiger partial charge in [-0.1, -0.05) is 12.1 Å². The lowest BCUT2D eigenvalue weighted by atomic mass is 10.1. The molecule has 0 unspecified atom stereocenters. The second kappa shape index (κ2) is 8.45. The van der Waals surface area contributed by atoms with Crippen LogP contribution in [0.1, 0.15) is 25.2 Å². The Kier molecular flexibility index (Phi) is 6.31. The molecule has 2 rings (SSSR count). The van der Waals surface area contributed by atoms with E-state index in [0.717, 1.165) is 0 Å². The highest BCUT2D eigenvalue weighted by Crippen LogP contribution is 2.12. The fourth-order valence-electron chi connectivity index (χ4n) is 1.90. The molecule has 25 heavy (non-hydrogen) atoms. The molecule has 0 aliphatic rings. The van der Waals surface area contributed by atoms with Crippen LogP contribution in [-0.2, 0) is 21.3 Å². The van der Waals surface area contributed by atoms with Crippen LogP contribution in [0.2, 0.25) is 0 Å². The van der Waals surface area contributed by atoms with Crippen LogP contribution >= 0.6 is 0 Å². The number of furan rings is 1. The largest absolute Gasteiger partial charge is 0.468 e. The minimum Gasteiger partial charge on any atom is -0.468 e. The summed E-state index contributed by atoms with van der Waals surface area (Å²) in [5.41, 5.74) is 3.43. The van der Waals surface area contributed by atoms with E-state index in [9.17, 15) is 13.2 Å². The fourth-order valence-corrected chi connectivity index (χ4v) is 2.89. The van der Waals surface area contributed by atoms with Crippen molar-refractivity contribution >= 4 is 21.8 Å². The summed E-state index contributed by atoms with van der Waals surface area (Å²) in [7, 11) is -3.65. The molecule has 2 aromatic rings. The predicted octanol–water partition coefficient (Wildman–Crippen LogP) is 2.23. The third-order valence-corrected chi connectivity index (χ3v) is 4.61. The Balaban J connectivity index is 2.02. The second-order valence-corrected chi connectivity index (χ2v) is 6.72. The Hall–Kier alpha value is -2.65. The molecule has 134 valence electrons. The Morgan fingerprint density at radius 2 is 1.96 bits per heavy atom. The van der Waals surface area contributed by atoms with Gasteiger partial charge in [-0.3, -0.25) is 0 Å². The zero-order valence-corrected chi connectivity index (χ0v) is 14.7. The number of nitrogens with zero attached hydrogens (tertiary/aromatic N) is 1. The summed E-state index contributed by atoms with van der Waals surface area (Å²) in [6.07, 6.45) is 0.827. The van der Waals surface area contributed by atoms with Crippen molar-refractivity contribution in [2.45, 2.75) is 25.3 Å². The van der Waals surface area contributed by atoms with E-state index in [0.29, 0.717) is 17.0 Å². The number of hydrogen-bond donors (Lipinski definition) is 2. The first kappa shape index (κ1) is 18.7. The van der Waals surface area contributed by atoms with E-state index in [2.05, 4.69) is 15.2 Å².